The number of aromatic nitrogens is 3. The number of carbonyl (C=O) groups is 5. The molecule has 3 aliphatic rings. The summed E-state index contributed by atoms with van der Waals surface area (Å²) >= 11 is 0. The van der Waals surface area contributed by atoms with Crippen molar-refractivity contribution in [1.29, 1.82) is 0 Å². The van der Waals surface area contributed by atoms with Crippen molar-refractivity contribution in [3.05, 3.63) is 96.1 Å². The van der Waals surface area contributed by atoms with Crippen LogP contribution in [0.15, 0.2) is 79.3 Å². The first-order chi connectivity index (χ1) is 25.0. The number of imidazole rings is 1. The topological polar surface area (TPSA) is 185 Å². The summed E-state index contributed by atoms with van der Waals surface area (Å²) in [5, 5.41) is 14.3. The van der Waals surface area contributed by atoms with Gasteiger partial charge in [0.1, 0.15) is 41.7 Å². The first-order valence-electron chi connectivity index (χ1n) is 17.6. The number of nitrogens with zero attached hydrogens (tertiary/aromatic N) is 3. The molecule has 4 atom stereocenters. The summed E-state index contributed by atoms with van der Waals surface area (Å²) < 4.78 is 7.73. The predicted molar refractivity (Wildman–Crippen MR) is 191 cm³/mol. The van der Waals surface area contributed by atoms with Crippen molar-refractivity contribution >= 4 is 35.3 Å². The number of ether oxygens (including phenoxy) is 1. The van der Waals surface area contributed by atoms with Crippen LogP contribution in [0.4, 0.5) is 0 Å². The number of hydrogen-bond donors (Lipinski definition) is 5. The maximum absolute atomic E-state index is 13.8. The van der Waals surface area contributed by atoms with Gasteiger partial charge in [0.15, 0.2) is 0 Å². The molecule has 14 heteroatoms. The van der Waals surface area contributed by atoms with Gasteiger partial charge in [0.05, 0.1) is 6.04 Å². The molecule has 2 aliphatic heterocycles. The second-order valence-corrected chi connectivity index (χ2v) is 14.0. The van der Waals surface area contributed by atoms with E-state index in [0.717, 1.165) is 11.1 Å². The zero-order valence-electron chi connectivity index (χ0n) is 29.4. The summed E-state index contributed by atoms with van der Waals surface area (Å²) in [6, 6.07) is 14.8. The number of amides is 5. The maximum atomic E-state index is 13.8. The van der Waals surface area contributed by atoms with E-state index in [2.05, 4.69) is 50.4 Å². The second-order valence-electron chi connectivity index (χ2n) is 14.0. The molecule has 4 heterocycles. The Kier molecular flexibility index (Phi) is 10.8. The Hall–Kier alpha value is -5.79. The fraction of sp³-hybridized carbons (Fsp3) is 0.395. The van der Waals surface area contributed by atoms with E-state index in [1.165, 1.54) is 13.1 Å². The average Bonchev–Trinajstić information content (AvgIpc) is 3.78. The highest BCUT2D eigenvalue weighted by Crippen LogP contribution is 2.36. The third kappa shape index (κ3) is 8.92. The fourth-order valence-electron chi connectivity index (χ4n) is 6.19. The van der Waals surface area contributed by atoms with Crippen LogP contribution in [0, 0.1) is 5.92 Å². The molecule has 7 rings (SSSR count). The van der Waals surface area contributed by atoms with Gasteiger partial charge in [0, 0.05) is 31.4 Å². The van der Waals surface area contributed by atoms with E-state index in [4.69, 9.17) is 4.74 Å². The molecule has 1 spiro atoms. The Bertz CT molecular complexity index is 1890. The van der Waals surface area contributed by atoms with Gasteiger partial charge >= 0.3 is 0 Å². The molecule has 5 amide bonds. The minimum absolute atomic E-state index is 0.0720. The smallest absolute Gasteiger partial charge is 0.272 e. The van der Waals surface area contributed by atoms with Crippen molar-refractivity contribution in [3.8, 4) is 5.75 Å². The van der Waals surface area contributed by atoms with Crippen molar-refractivity contribution in [2.75, 3.05) is 6.61 Å². The maximum Gasteiger partial charge on any atom is 0.272 e. The summed E-state index contributed by atoms with van der Waals surface area (Å²) in [6.45, 7) is 5.80. The monoisotopic (exact) mass is 708 g/mol. The third-order valence-electron chi connectivity index (χ3n) is 9.21. The minimum Gasteiger partial charge on any atom is -0.491 e. The van der Waals surface area contributed by atoms with E-state index in [-0.39, 0.29) is 43.0 Å². The van der Waals surface area contributed by atoms with Gasteiger partial charge in [-0.05, 0) is 61.4 Å². The molecular weight excluding hydrogens is 664 g/mol. The van der Waals surface area contributed by atoms with E-state index in [9.17, 15) is 24.0 Å². The Morgan fingerprint density at radius 2 is 1.71 bits per heavy atom. The van der Waals surface area contributed by atoms with Crippen LogP contribution in [0.3, 0.4) is 0 Å². The predicted octanol–water partition coefficient (Wildman–Crippen LogP) is 1.87. The zero-order valence-corrected chi connectivity index (χ0v) is 29.4. The largest absolute Gasteiger partial charge is 0.491 e. The lowest BCUT2D eigenvalue weighted by molar-refractivity contribution is -0.134. The number of fused-ring (bicyclic) bond motifs is 16. The molecule has 272 valence electrons. The summed E-state index contributed by atoms with van der Waals surface area (Å²) in [5.74, 6) is -1.47. The average molecular weight is 709 g/mol. The summed E-state index contributed by atoms with van der Waals surface area (Å²) in [4.78, 5) is 76.5. The SMILES string of the molecule is CC(C)C[C@H]1COc2ccc(cc2)C[C@H](NC(=O)c2cn3cccnc3n2)C(=O)N[C@H](C)C(=O)NC2(CC2)C(=O)N[C@H](Cc2ccccc2)C(=O)N1. The fourth-order valence-corrected chi connectivity index (χ4v) is 6.19. The lowest BCUT2D eigenvalue weighted by atomic mass is 10.0. The lowest BCUT2D eigenvalue weighted by Crippen LogP contribution is -2.59. The molecule has 52 heavy (non-hydrogen) atoms. The van der Waals surface area contributed by atoms with Gasteiger partial charge in [0.2, 0.25) is 29.4 Å². The van der Waals surface area contributed by atoms with Crippen LogP contribution in [0.25, 0.3) is 5.78 Å². The number of rotatable bonds is 6. The molecule has 1 aliphatic carbocycles. The van der Waals surface area contributed by atoms with Crippen molar-refractivity contribution in [2.45, 2.75) is 82.6 Å². The molecule has 0 unspecified atom stereocenters. The van der Waals surface area contributed by atoms with Crippen LogP contribution >= 0.6 is 0 Å². The van der Waals surface area contributed by atoms with Crippen LogP contribution in [0.2, 0.25) is 0 Å². The van der Waals surface area contributed by atoms with Gasteiger partial charge in [-0.15, -0.1) is 0 Å². The number of carbonyl (C=O) groups excluding carboxylic acids is 5. The number of hydrogen-bond acceptors (Lipinski definition) is 8. The molecule has 4 aromatic rings. The van der Waals surface area contributed by atoms with Gasteiger partial charge in [0.25, 0.3) is 5.91 Å². The van der Waals surface area contributed by atoms with E-state index in [1.54, 1.807) is 47.1 Å². The molecule has 2 aromatic carbocycles. The molecule has 1 saturated carbocycles. The van der Waals surface area contributed by atoms with E-state index >= 15 is 0 Å². The second kappa shape index (κ2) is 15.6. The molecule has 14 nitrogen and oxygen atoms in total. The van der Waals surface area contributed by atoms with E-state index < -0.39 is 47.3 Å². The van der Waals surface area contributed by atoms with Gasteiger partial charge in [-0.3, -0.25) is 28.4 Å². The Balaban J connectivity index is 1.27. The van der Waals surface area contributed by atoms with Crippen LogP contribution in [-0.4, -0.2) is 80.2 Å². The van der Waals surface area contributed by atoms with Crippen molar-refractivity contribution in [1.82, 2.24) is 41.0 Å². The molecule has 1 fully saturated rings. The Labute approximate surface area is 301 Å². The number of benzene rings is 2. The molecule has 0 radical (unpaired) electrons. The van der Waals surface area contributed by atoms with Gasteiger partial charge in [-0.25, -0.2) is 9.97 Å². The molecule has 2 bridgehead atoms. The Morgan fingerprint density at radius 1 is 0.962 bits per heavy atom. The summed E-state index contributed by atoms with van der Waals surface area (Å²) in [5.41, 5.74) is 0.431. The molecular formula is C38H44N8O6. The molecule has 2 aromatic heterocycles. The zero-order chi connectivity index (χ0) is 36.8. The highest BCUT2D eigenvalue weighted by Gasteiger charge is 2.52. The van der Waals surface area contributed by atoms with Crippen LogP contribution in [0.1, 0.15) is 61.6 Å². The van der Waals surface area contributed by atoms with Gasteiger partial charge < -0.3 is 31.3 Å². The van der Waals surface area contributed by atoms with Crippen molar-refractivity contribution < 1.29 is 28.7 Å². The van der Waals surface area contributed by atoms with Crippen LogP contribution in [-0.2, 0) is 32.0 Å². The lowest BCUT2D eigenvalue weighted by Gasteiger charge is -2.27. The van der Waals surface area contributed by atoms with E-state index in [0.29, 0.717) is 30.8 Å². The van der Waals surface area contributed by atoms with Gasteiger partial charge in [-0.1, -0.05) is 56.3 Å². The first kappa shape index (κ1) is 36.0. The molecule has 0 saturated heterocycles. The third-order valence-corrected chi connectivity index (χ3v) is 9.21. The highest BCUT2D eigenvalue weighted by atomic mass is 16.5. The first-order valence-corrected chi connectivity index (χ1v) is 17.6. The standard InChI is InChI=1S/C38H44N8O6/c1-23(2)18-27-22-52-28-12-10-26(11-13-28)20-29(42-35(50)31-21-46-17-7-16-39-37(46)44-31)33(48)40-24(3)32(47)45-38(14-15-38)36(51)43-30(34(49)41-27)19-25-8-5-4-6-9-25/h4-13,16-17,21,23-24,27,29-30H,14-15,18-20,22H2,1-3H3,(H,40,48)(H,41,49)(H,42,50)(H,43,51)(H,45,47)/t24-,27+,29+,30-/m1/s1. The van der Waals surface area contributed by atoms with Crippen molar-refractivity contribution in [3.63, 3.8) is 0 Å². The minimum atomic E-state index is -1.22. The molecule has 5 N–H and O–H groups in total. The number of nitrogens with one attached hydrogen (secondary N) is 5. The van der Waals surface area contributed by atoms with Crippen molar-refractivity contribution in [2.24, 2.45) is 5.92 Å². The summed E-state index contributed by atoms with van der Waals surface area (Å²) in [6.07, 6.45) is 6.50. The van der Waals surface area contributed by atoms with Gasteiger partial charge in [-0.2, -0.15) is 0 Å². The normalized spacial score (nSPS) is 22.5. The van der Waals surface area contributed by atoms with Crippen LogP contribution in [0.5, 0.6) is 5.75 Å². The summed E-state index contributed by atoms with van der Waals surface area (Å²) in [7, 11) is 0. The highest BCUT2D eigenvalue weighted by molar-refractivity contribution is 6.00. The van der Waals surface area contributed by atoms with E-state index in [1.807, 2.05) is 30.3 Å². The quantitative estimate of drug-likeness (QED) is 0.188. The Morgan fingerprint density at radius 3 is 2.40 bits per heavy atom. The van der Waals surface area contributed by atoms with Crippen LogP contribution < -0.4 is 31.3 Å².